The van der Waals surface area contributed by atoms with Crippen molar-refractivity contribution < 1.29 is 27.4 Å². The first kappa shape index (κ1) is 21.8. The number of benzene rings is 1. The molecule has 0 radical (unpaired) electrons. The third-order valence-electron chi connectivity index (χ3n) is 6.34. The van der Waals surface area contributed by atoms with Crippen molar-refractivity contribution in [2.75, 3.05) is 6.61 Å². The summed E-state index contributed by atoms with van der Waals surface area (Å²) in [4.78, 5) is 12.7. The monoisotopic (exact) mass is 436 g/mol. The van der Waals surface area contributed by atoms with Gasteiger partial charge in [0.25, 0.3) is 5.69 Å². The second kappa shape index (κ2) is 8.61. The smallest absolute Gasteiger partial charge is 0.404 e. The lowest BCUT2D eigenvalue weighted by Crippen LogP contribution is -2.39. The maximum absolute atomic E-state index is 15.1. The molecule has 4 rings (SSSR count). The molecule has 6 heteroatoms. The highest BCUT2D eigenvalue weighted by molar-refractivity contribution is 5.86. The van der Waals surface area contributed by atoms with Crippen LogP contribution in [0, 0.1) is 11.6 Å². The van der Waals surface area contributed by atoms with E-state index in [4.69, 9.17) is 4.74 Å². The normalized spacial score (nSPS) is 14.1. The number of carbonyl (C=O) groups excluding carboxylic acids is 1. The molecule has 2 aromatic heterocycles. The maximum atomic E-state index is 15.1. The van der Waals surface area contributed by atoms with Crippen LogP contribution in [0.1, 0.15) is 42.7 Å². The molecule has 32 heavy (non-hydrogen) atoms. The van der Waals surface area contributed by atoms with Gasteiger partial charge in [0.15, 0.2) is 19.0 Å². The summed E-state index contributed by atoms with van der Waals surface area (Å²) in [6.45, 7) is 4.00. The zero-order valence-corrected chi connectivity index (χ0v) is 18.4. The second-order valence-corrected chi connectivity index (χ2v) is 8.04. The van der Waals surface area contributed by atoms with Gasteiger partial charge in [-0.25, -0.2) is 13.6 Å². The van der Waals surface area contributed by atoms with Crippen molar-refractivity contribution in [1.82, 2.24) is 0 Å². The van der Waals surface area contributed by atoms with Crippen molar-refractivity contribution in [2.24, 2.45) is 7.05 Å². The summed E-state index contributed by atoms with van der Waals surface area (Å²) < 4.78 is 38.7. The van der Waals surface area contributed by atoms with Crippen molar-refractivity contribution in [2.45, 2.75) is 32.1 Å². The van der Waals surface area contributed by atoms with Crippen molar-refractivity contribution >= 4 is 11.7 Å². The number of hydrogen-bond acceptors (Lipinski definition) is 2. The molecule has 1 aliphatic heterocycles. The summed E-state index contributed by atoms with van der Waals surface area (Å²) in [5, 5.41) is 0. The summed E-state index contributed by atoms with van der Waals surface area (Å²) in [6, 6.07) is 13.1. The fourth-order valence-electron chi connectivity index (χ4n) is 4.49. The molecule has 164 valence electrons. The van der Waals surface area contributed by atoms with E-state index >= 15 is 4.39 Å². The minimum atomic E-state index is -0.608. The van der Waals surface area contributed by atoms with Crippen LogP contribution < -0.4 is 9.13 Å². The Balaban J connectivity index is 1.84. The van der Waals surface area contributed by atoms with E-state index in [-0.39, 0.29) is 6.61 Å². The largest absolute Gasteiger partial charge is 0.446 e. The fraction of sp³-hybridized carbons (Fsp3) is 0.269. The van der Waals surface area contributed by atoms with Gasteiger partial charge in [0.1, 0.15) is 18.7 Å². The van der Waals surface area contributed by atoms with Gasteiger partial charge >= 0.3 is 5.97 Å². The second-order valence-electron chi connectivity index (χ2n) is 8.04. The molecule has 4 nitrogen and oxygen atoms in total. The molecular weight excluding hydrogens is 410 g/mol. The van der Waals surface area contributed by atoms with E-state index in [2.05, 4.69) is 0 Å². The van der Waals surface area contributed by atoms with Gasteiger partial charge in [-0.05, 0) is 42.7 Å². The quantitative estimate of drug-likeness (QED) is 0.436. The van der Waals surface area contributed by atoms with Gasteiger partial charge in [-0.1, -0.05) is 13.8 Å². The molecule has 0 bridgehead atoms. The number of rotatable bonds is 5. The number of esters is 1. The van der Waals surface area contributed by atoms with Gasteiger partial charge in [0.2, 0.25) is 11.4 Å². The number of allylic oxidation sites excluding steroid dienone is 1. The number of aryl methyl sites for hydroxylation is 1. The number of nitrogens with zero attached hydrogens (tertiary/aromatic N) is 2. The molecule has 0 N–H and O–H groups in total. The van der Waals surface area contributed by atoms with Crippen LogP contribution in [0.2, 0.25) is 0 Å². The number of pyridine rings is 2. The third kappa shape index (κ3) is 3.70. The minimum absolute atomic E-state index is 0.00471. The summed E-state index contributed by atoms with van der Waals surface area (Å²) in [7, 11) is 1.78. The minimum Gasteiger partial charge on any atom is -0.446 e. The molecule has 0 atom stereocenters. The average Bonchev–Trinajstić information content (AvgIpc) is 2.91. The number of fused-ring (bicyclic) bond motifs is 3. The number of hydrogen-bond donors (Lipinski definition) is 0. The average molecular weight is 437 g/mol. The lowest BCUT2D eigenvalue weighted by atomic mass is 9.73. The van der Waals surface area contributed by atoms with Crippen LogP contribution in [-0.4, -0.2) is 12.6 Å². The first-order chi connectivity index (χ1) is 15.4. The van der Waals surface area contributed by atoms with E-state index in [1.54, 1.807) is 36.0 Å². The van der Waals surface area contributed by atoms with Crippen molar-refractivity contribution in [3.8, 4) is 11.3 Å². The van der Waals surface area contributed by atoms with E-state index in [0.717, 1.165) is 6.07 Å². The molecule has 0 saturated carbocycles. The van der Waals surface area contributed by atoms with Gasteiger partial charge in [-0.3, -0.25) is 0 Å². The van der Waals surface area contributed by atoms with Crippen molar-refractivity contribution in [3.63, 3.8) is 0 Å². The predicted molar refractivity (Wildman–Crippen MR) is 116 cm³/mol. The van der Waals surface area contributed by atoms with Crippen molar-refractivity contribution in [1.29, 1.82) is 0 Å². The molecule has 1 aromatic carbocycles. The van der Waals surface area contributed by atoms with E-state index in [0.29, 0.717) is 41.1 Å². The van der Waals surface area contributed by atoms with Gasteiger partial charge in [0, 0.05) is 35.7 Å². The number of carbonyl (C=O) groups is 1. The van der Waals surface area contributed by atoms with Crippen LogP contribution in [0.3, 0.4) is 0 Å². The van der Waals surface area contributed by atoms with Gasteiger partial charge in [-0.15, -0.1) is 0 Å². The maximum Gasteiger partial charge on any atom is 0.404 e. The van der Waals surface area contributed by atoms with Crippen LogP contribution >= 0.6 is 0 Å². The van der Waals surface area contributed by atoms with Crippen LogP contribution in [0.15, 0.2) is 67.0 Å². The predicted octanol–water partition coefficient (Wildman–Crippen LogP) is 4.51. The van der Waals surface area contributed by atoms with Gasteiger partial charge in [0.05, 0.1) is 5.56 Å². The Kier molecular flexibility index (Phi) is 5.87. The van der Waals surface area contributed by atoms with Gasteiger partial charge < -0.3 is 4.74 Å². The Labute approximate surface area is 186 Å². The van der Waals surface area contributed by atoms with Gasteiger partial charge in [-0.2, -0.15) is 9.13 Å². The van der Waals surface area contributed by atoms with Crippen LogP contribution in [0.5, 0.6) is 0 Å². The number of aromatic nitrogens is 2. The Hall–Kier alpha value is -3.41. The lowest BCUT2D eigenvalue weighted by molar-refractivity contribution is -0.674. The van der Waals surface area contributed by atoms with Crippen molar-refractivity contribution in [3.05, 3.63) is 89.9 Å². The molecule has 3 heterocycles. The molecule has 0 spiro atoms. The summed E-state index contributed by atoms with van der Waals surface area (Å²) >= 11 is 0. The zero-order chi connectivity index (χ0) is 22.9. The molecular formula is C26H26F2N2O2+2. The fourth-order valence-corrected chi connectivity index (χ4v) is 4.49. The first-order valence-electron chi connectivity index (χ1n) is 10.7. The SMILES string of the molecule is CCC1(CC)C=C(COC(=O)c2cccc[n+]2C)[n+]2ccccc2-c2c(F)cc(F)cc21. The highest BCUT2D eigenvalue weighted by atomic mass is 19.1. The third-order valence-corrected chi connectivity index (χ3v) is 6.34. The van der Waals surface area contributed by atoms with Crippen LogP contribution in [-0.2, 0) is 17.2 Å². The summed E-state index contributed by atoms with van der Waals surface area (Å²) in [5.74, 6) is -1.66. The molecule has 0 aliphatic carbocycles. The van der Waals surface area contributed by atoms with Crippen LogP contribution in [0.4, 0.5) is 8.78 Å². The lowest BCUT2D eigenvalue weighted by Gasteiger charge is -2.29. The molecule has 0 saturated heterocycles. The summed E-state index contributed by atoms with van der Waals surface area (Å²) in [5.41, 5.74) is 2.10. The highest BCUT2D eigenvalue weighted by Crippen LogP contribution is 2.43. The zero-order valence-electron chi connectivity index (χ0n) is 18.4. The Morgan fingerprint density at radius 3 is 2.47 bits per heavy atom. The van der Waals surface area contributed by atoms with E-state index in [9.17, 15) is 9.18 Å². The molecule has 0 fully saturated rings. The molecule has 1 aliphatic rings. The Morgan fingerprint density at radius 1 is 1.03 bits per heavy atom. The summed E-state index contributed by atoms with van der Waals surface area (Å²) in [6.07, 6.45) is 6.86. The van der Waals surface area contributed by atoms with E-state index < -0.39 is 23.0 Å². The van der Waals surface area contributed by atoms with E-state index in [1.165, 1.54) is 6.07 Å². The highest BCUT2D eigenvalue weighted by Gasteiger charge is 2.39. The van der Waals surface area contributed by atoms with E-state index in [1.807, 2.05) is 48.9 Å². The Bertz CT molecular complexity index is 1220. The number of ether oxygens (including phenoxy) is 1. The Morgan fingerprint density at radius 2 is 1.75 bits per heavy atom. The topological polar surface area (TPSA) is 34.1 Å². The standard InChI is InChI=1S/C26H26F2N2O2/c1-4-26(5-2)16-19(17-32-25(31)23-11-6-8-12-29(23)3)30-13-9-7-10-22(30)24-20(26)14-18(27)15-21(24)28/h6-16H,4-5,17H2,1-3H3/q+2. The number of halogens is 2. The molecule has 0 amide bonds. The molecule has 3 aromatic rings. The van der Waals surface area contributed by atoms with Crippen LogP contribution in [0.25, 0.3) is 17.0 Å². The molecule has 0 unspecified atom stereocenters. The first-order valence-corrected chi connectivity index (χ1v) is 10.7.